The lowest BCUT2D eigenvalue weighted by molar-refractivity contribution is 0.0847. The van der Waals surface area contributed by atoms with Crippen LogP contribution in [0.1, 0.15) is 44.5 Å². The molecule has 1 aromatic carbocycles. The van der Waals surface area contributed by atoms with Gasteiger partial charge in [-0.25, -0.2) is 0 Å². The number of ether oxygens (including phenoxy) is 2. The molecule has 0 radical (unpaired) electrons. The van der Waals surface area contributed by atoms with Crippen LogP contribution in [0.4, 0.5) is 0 Å². The Labute approximate surface area is 126 Å². The second-order valence-electron chi connectivity index (χ2n) is 5.05. The predicted molar refractivity (Wildman–Crippen MR) is 82.0 cm³/mol. The molecule has 1 unspecified atom stereocenters. The monoisotopic (exact) mass is 295 g/mol. The highest BCUT2D eigenvalue weighted by molar-refractivity contribution is 5.95. The smallest absolute Gasteiger partial charge is 0.251 e. The summed E-state index contributed by atoms with van der Waals surface area (Å²) in [5.74, 6) is 0.933. The van der Waals surface area contributed by atoms with Crippen LogP contribution in [0.15, 0.2) is 18.2 Å². The molecule has 0 fully saturated rings. The van der Waals surface area contributed by atoms with E-state index >= 15 is 0 Å². The summed E-state index contributed by atoms with van der Waals surface area (Å²) in [4.78, 5) is 12.3. The Morgan fingerprint density at radius 2 is 1.81 bits per heavy atom. The van der Waals surface area contributed by atoms with Gasteiger partial charge in [-0.05, 0) is 45.4 Å². The lowest BCUT2D eigenvalue weighted by atomic mass is 9.99. The maximum atomic E-state index is 12.3. The van der Waals surface area contributed by atoms with Gasteiger partial charge in [0.2, 0.25) is 0 Å². The van der Waals surface area contributed by atoms with Crippen LogP contribution in [0.2, 0.25) is 0 Å². The number of rotatable bonds is 8. The molecular weight excluding hydrogens is 270 g/mol. The van der Waals surface area contributed by atoms with Crippen molar-refractivity contribution in [3.05, 3.63) is 23.8 Å². The summed E-state index contributed by atoms with van der Waals surface area (Å²) in [6.07, 6.45) is 0.643. The summed E-state index contributed by atoms with van der Waals surface area (Å²) in [5.41, 5.74) is -0.142. The van der Waals surface area contributed by atoms with E-state index in [2.05, 4.69) is 5.32 Å². The maximum absolute atomic E-state index is 12.3. The Balaban J connectivity index is 2.97. The van der Waals surface area contributed by atoms with E-state index in [1.807, 2.05) is 27.7 Å². The van der Waals surface area contributed by atoms with Crippen molar-refractivity contribution in [2.75, 3.05) is 19.8 Å². The molecular formula is C16H25NO4. The number of carbonyl (C=O) groups excluding carboxylic acids is 1. The van der Waals surface area contributed by atoms with Crippen molar-refractivity contribution in [1.29, 1.82) is 0 Å². The van der Waals surface area contributed by atoms with Crippen molar-refractivity contribution >= 4 is 5.91 Å². The third-order valence-corrected chi connectivity index (χ3v) is 3.35. The van der Waals surface area contributed by atoms with Crippen LogP contribution < -0.4 is 14.8 Å². The van der Waals surface area contributed by atoms with E-state index in [0.717, 1.165) is 0 Å². The first-order valence-corrected chi connectivity index (χ1v) is 7.32. The van der Waals surface area contributed by atoms with Gasteiger partial charge in [0.25, 0.3) is 5.91 Å². The molecule has 0 aliphatic carbocycles. The number of benzene rings is 1. The average Bonchev–Trinajstić information content (AvgIpc) is 2.49. The predicted octanol–water partition coefficient (Wildman–Crippen LogP) is 2.37. The van der Waals surface area contributed by atoms with Gasteiger partial charge in [0.1, 0.15) is 0 Å². The third kappa shape index (κ3) is 4.63. The molecule has 5 nitrogen and oxygen atoms in total. The van der Waals surface area contributed by atoms with Gasteiger partial charge in [0.15, 0.2) is 11.5 Å². The van der Waals surface area contributed by atoms with E-state index in [1.165, 1.54) is 0 Å². The van der Waals surface area contributed by atoms with Crippen LogP contribution >= 0.6 is 0 Å². The molecule has 0 spiro atoms. The summed E-state index contributed by atoms with van der Waals surface area (Å²) in [6, 6.07) is 5.08. The van der Waals surface area contributed by atoms with Gasteiger partial charge in [-0.3, -0.25) is 4.79 Å². The topological polar surface area (TPSA) is 67.8 Å². The van der Waals surface area contributed by atoms with Crippen molar-refractivity contribution in [2.45, 2.75) is 39.7 Å². The zero-order valence-corrected chi connectivity index (χ0v) is 13.2. The quantitative estimate of drug-likeness (QED) is 0.772. The Kier molecular flexibility index (Phi) is 6.49. The van der Waals surface area contributed by atoms with E-state index in [4.69, 9.17) is 9.47 Å². The highest BCUT2D eigenvalue weighted by Crippen LogP contribution is 2.28. The van der Waals surface area contributed by atoms with E-state index in [1.54, 1.807) is 18.2 Å². The fourth-order valence-corrected chi connectivity index (χ4v) is 1.78. The highest BCUT2D eigenvalue weighted by Gasteiger charge is 2.24. The largest absolute Gasteiger partial charge is 0.490 e. The van der Waals surface area contributed by atoms with Crippen LogP contribution in [0.25, 0.3) is 0 Å². The van der Waals surface area contributed by atoms with Crippen molar-refractivity contribution in [2.24, 2.45) is 0 Å². The number of aliphatic hydroxyl groups excluding tert-OH is 1. The number of nitrogens with one attached hydrogen (secondary N) is 1. The molecule has 1 aromatic rings. The molecule has 0 aliphatic heterocycles. The lowest BCUT2D eigenvalue weighted by Gasteiger charge is -2.27. The molecule has 5 heteroatoms. The first kappa shape index (κ1) is 17.3. The Hall–Kier alpha value is -1.75. The molecule has 0 bridgehead atoms. The normalized spacial score (nSPS) is 13.4. The minimum absolute atomic E-state index is 0.107. The first-order chi connectivity index (χ1) is 9.99. The summed E-state index contributed by atoms with van der Waals surface area (Å²) in [6.45, 7) is 8.42. The molecule has 0 aromatic heterocycles. The van der Waals surface area contributed by atoms with Gasteiger partial charge in [-0.15, -0.1) is 0 Å². The highest BCUT2D eigenvalue weighted by atomic mass is 16.5. The van der Waals surface area contributed by atoms with Crippen LogP contribution in [-0.2, 0) is 0 Å². The van der Waals surface area contributed by atoms with Gasteiger partial charge in [0, 0.05) is 5.56 Å². The van der Waals surface area contributed by atoms with E-state index < -0.39 is 5.54 Å². The van der Waals surface area contributed by atoms with E-state index in [-0.39, 0.29) is 12.5 Å². The minimum Gasteiger partial charge on any atom is -0.490 e. The first-order valence-electron chi connectivity index (χ1n) is 7.32. The number of aliphatic hydroxyl groups is 1. The fourth-order valence-electron chi connectivity index (χ4n) is 1.78. The van der Waals surface area contributed by atoms with E-state index in [0.29, 0.717) is 36.7 Å². The molecule has 0 saturated carbocycles. The van der Waals surface area contributed by atoms with E-state index in [9.17, 15) is 9.90 Å². The van der Waals surface area contributed by atoms with Crippen molar-refractivity contribution in [1.82, 2.24) is 5.32 Å². The van der Waals surface area contributed by atoms with Gasteiger partial charge < -0.3 is 19.9 Å². The Morgan fingerprint density at radius 3 is 2.33 bits per heavy atom. The van der Waals surface area contributed by atoms with Gasteiger partial charge >= 0.3 is 0 Å². The molecule has 0 heterocycles. The summed E-state index contributed by atoms with van der Waals surface area (Å²) in [5, 5.41) is 12.2. The van der Waals surface area contributed by atoms with Crippen molar-refractivity contribution in [3.63, 3.8) is 0 Å². The second-order valence-corrected chi connectivity index (χ2v) is 5.05. The molecule has 2 N–H and O–H groups in total. The van der Waals surface area contributed by atoms with Gasteiger partial charge in [0.05, 0.1) is 25.4 Å². The maximum Gasteiger partial charge on any atom is 0.251 e. The molecule has 1 rings (SSSR count). The zero-order chi connectivity index (χ0) is 15.9. The minimum atomic E-state index is -0.624. The van der Waals surface area contributed by atoms with Crippen LogP contribution in [0.3, 0.4) is 0 Å². The average molecular weight is 295 g/mol. The third-order valence-electron chi connectivity index (χ3n) is 3.35. The molecule has 0 aliphatic rings. The summed E-state index contributed by atoms with van der Waals surface area (Å²) >= 11 is 0. The lowest BCUT2D eigenvalue weighted by Crippen LogP contribution is -2.48. The molecule has 118 valence electrons. The zero-order valence-electron chi connectivity index (χ0n) is 13.2. The molecule has 21 heavy (non-hydrogen) atoms. The Morgan fingerprint density at radius 1 is 1.19 bits per heavy atom. The van der Waals surface area contributed by atoms with Crippen molar-refractivity contribution in [3.8, 4) is 11.5 Å². The molecule has 1 atom stereocenters. The van der Waals surface area contributed by atoms with Gasteiger partial charge in [-0.2, -0.15) is 0 Å². The van der Waals surface area contributed by atoms with Crippen molar-refractivity contribution < 1.29 is 19.4 Å². The number of amides is 1. The number of hydrogen-bond acceptors (Lipinski definition) is 4. The second kappa shape index (κ2) is 7.88. The molecule has 0 saturated heterocycles. The number of hydrogen-bond donors (Lipinski definition) is 2. The fraction of sp³-hybridized carbons (Fsp3) is 0.562. The van der Waals surface area contributed by atoms with Crippen LogP contribution in [-0.4, -0.2) is 36.4 Å². The Bertz CT molecular complexity index is 469. The SMILES string of the molecule is CCOc1ccc(C(=O)NC(C)(CC)CO)cc1OCC. The van der Waals surface area contributed by atoms with Crippen LogP contribution in [0, 0.1) is 0 Å². The number of carbonyl (C=O) groups is 1. The van der Waals surface area contributed by atoms with Crippen LogP contribution in [0.5, 0.6) is 11.5 Å². The van der Waals surface area contributed by atoms with Gasteiger partial charge in [-0.1, -0.05) is 6.92 Å². The summed E-state index contributed by atoms with van der Waals surface area (Å²) < 4.78 is 11.0. The standard InChI is InChI=1S/C16H25NO4/c1-5-16(4,11-18)17-15(19)12-8-9-13(20-6-2)14(10-12)21-7-3/h8-10,18H,5-7,11H2,1-4H3,(H,17,19). The summed E-state index contributed by atoms with van der Waals surface area (Å²) in [7, 11) is 0. The molecule has 1 amide bonds.